The van der Waals surface area contributed by atoms with Gasteiger partial charge in [0.05, 0.1) is 19.8 Å². The number of phenols is 1. The van der Waals surface area contributed by atoms with Gasteiger partial charge < -0.3 is 24.8 Å². The maximum absolute atomic E-state index is 14.9. The van der Waals surface area contributed by atoms with Crippen molar-refractivity contribution in [2.45, 2.75) is 25.4 Å². The normalized spacial score (nSPS) is 13.2. The van der Waals surface area contributed by atoms with E-state index < -0.39 is 11.7 Å². The molecule has 4 N–H and O–H groups in total. The first-order chi connectivity index (χ1) is 23.3. The molecular formula is C36H33FN6O5. The number of rotatable bonds is 10. The summed E-state index contributed by atoms with van der Waals surface area (Å²) in [5, 5.41) is 42.5. The second-order valence-corrected chi connectivity index (χ2v) is 11.1. The number of phenolic OH excluding ortho intramolecular Hbond substituents is 1. The molecule has 2 heterocycles. The van der Waals surface area contributed by atoms with Crippen LogP contribution in [0.2, 0.25) is 0 Å². The molecule has 0 saturated carbocycles. The van der Waals surface area contributed by atoms with Crippen LogP contribution in [0.15, 0.2) is 66.9 Å². The van der Waals surface area contributed by atoms with Gasteiger partial charge in [0.2, 0.25) is 0 Å². The monoisotopic (exact) mass is 648 g/mol. The standard InChI is InChI=1S/C36H33FN6O5/c1-47-32-9-7-24(17-31(32)44)29-21-41-36(28(19-39)35(29)25-5-6-26(18-38)30(37)16-25)43-13-11-27(12-14-43)40-20-22-3-4-23(33(15-22)48-2)8-10-34(45)42-46/h3-10,15-17,21,27,40,44,46H,11-14,20H2,1-2H3,(H,42,45)/b10-8+. The van der Waals surface area contributed by atoms with Crippen molar-refractivity contribution in [3.05, 3.63) is 94.9 Å². The Morgan fingerprint density at radius 3 is 2.44 bits per heavy atom. The first-order valence-corrected chi connectivity index (χ1v) is 15.1. The number of piperidine rings is 1. The van der Waals surface area contributed by atoms with Crippen LogP contribution < -0.4 is 25.2 Å². The first kappa shape index (κ1) is 33.4. The molecule has 0 unspecified atom stereocenters. The van der Waals surface area contributed by atoms with Crippen LogP contribution in [-0.2, 0) is 11.3 Å². The number of hydroxylamine groups is 1. The van der Waals surface area contributed by atoms with E-state index in [1.807, 2.05) is 29.2 Å². The van der Waals surface area contributed by atoms with Crippen LogP contribution in [0.5, 0.6) is 17.2 Å². The van der Waals surface area contributed by atoms with Crippen molar-refractivity contribution in [2.24, 2.45) is 0 Å². The third-order valence-corrected chi connectivity index (χ3v) is 8.25. The van der Waals surface area contributed by atoms with E-state index in [-0.39, 0.29) is 28.7 Å². The summed E-state index contributed by atoms with van der Waals surface area (Å²) in [6, 6.07) is 19.1. The van der Waals surface area contributed by atoms with E-state index in [2.05, 4.69) is 11.4 Å². The molecule has 1 saturated heterocycles. The number of anilines is 1. The number of methoxy groups -OCH3 is 2. The Bertz CT molecular complexity index is 1940. The van der Waals surface area contributed by atoms with Gasteiger partial charge in [-0.3, -0.25) is 10.0 Å². The summed E-state index contributed by atoms with van der Waals surface area (Å²) in [7, 11) is 2.99. The molecule has 0 bridgehead atoms. The molecule has 4 aromatic rings. The highest BCUT2D eigenvalue weighted by Crippen LogP contribution is 2.41. The zero-order valence-electron chi connectivity index (χ0n) is 26.3. The molecule has 1 fully saturated rings. The number of benzene rings is 3. The summed E-state index contributed by atoms with van der Waals surface area (Å²) >= 11 is 0. The molecule has 3 aromatic carbocycles. The van der Waals surface area contributed by atoms with E-state index in [9.17, 15) is 24.8 Å². The van der Waals surface area contributed by atoms with Gasteiger partial charge in [-0.2, -0.15) is 10.5 Å². The van der Waals surface area contributed by atoms with E-state index in [1.54, 1.807) is 43.1 Å². The number of carbonyl (C=O) groups excluding carboxylic acids is 1. The van der Waals surface area contributed by atoms with E-state index in [1.165, 1.54) is 31.4 Å². The summed E-state index contributed by atoms with van der Waals surface area (Å²) < 4.78 is 25.5. The van der Waals surface area contributed by atoms with Crippen LogP contribution in [0, 0.1) is 28.5 Å². The van der Waals surface area contributed by atoms with Gasteiger partial charge in [-0.1, -0.05) is 24.3 Å². The van der Waals surface area contributed by atoms with E-state index >= 15 is 0 Å². The van der Waals surface area contributed by atoms with Crippen molar-refractivity contribution in [1.82, 2.24) is 15.8 Å². The number of hydrogen-bond donors (Lipinski definition) is 4. The van der Waals surface area contributed by atoms with E-state index in [0.717, 1.165) is 18.4 Å². The lowest BCUT2D eigenvalue weighted by Crippen LogP contribution is -2.42. The van der Waals surface area contributed by atoms with Crippen LogP contribution in [0.3, 0.4) is 0 Å². The Morgan fingerprint density at radius 2 is 1.79 bits per heavy atom. The van der Waals surface area contributed by atoms with Gasteiger partial charge in [0.25, 0.3) is 5.91 Å². The summed E-state index contributed by atoms with van der Waals surface area (Å²) in [6.45, 7) is 1.81. The number of nitrogens with one attached hydrogen (secondary N) is 2. The Kier molecular flexibility index (Phi) is 10.5. The second kappa shape index (κ2) is 15.1. The molecule has 1 aromatic heterocycles. The number of aromatic hydroxyl groups is 1. The Balaban J connectivity index is 1.37. The number of nitrogens with zero attached hydrogens (tertiary/aromatic N) is 4. The topological polar surface area (TPSA) is 164 Å². The lowest BCUT2D eigenvalue weighted by Gasteiger charge is -2.34. The predicted octanol–water partition coefficient (Wildman–Crippen LogP) is 5.30. The predicted molar refractivity (Wildman–Crippen MR) is 177 cm³/mol. The highest BCUT2D eigenvalue weighted by Gasteiger charge is 2.26. The maximum Gasteiger partial charge on any atom is 0.267 e. The van der Waals surface area contributed by atoms with Crippen LogP contribution in [0.4, 0.5) is 10.2 Å². The van der Waals surface area contributed by atoms with Crippen LogP contribution >= 0.6 is 0 Å². The van der Waals surface area contributed by atoms with Crippen molar-refractivity contribution in [2.75, 3.05) is 32.2 Å². The highest BCUT2D eigenvalue weighted by molar-refractivity contribution is 5.91. The van der Waals surface area contributed by atoms with Gasteiger partial charge in [0, 0.05) is 54.6 Å². The van der Waals surface area contributed by atoms with Gasteiger partial charge in [0.1, 0.15) is 35.1 Å². The number of amides is 1. The lowest BCUT2D eigenvalue weighted by atomic mass is 9.91. The SMILES string of the molecule is COc1ccc(-c2cnc(N3CCC(NCc4ccc(/C=C/C(=O)NO)c(OC)c4)CC3)c(C#N)c2-c2ccc(C#N)c(F)c2)cc1O. The van der Waals surface area contributed by atoms with Crippen molar-refractivity contribution in [3.63, 3.8) is 0 Å². The average molecular weight is 649 g/mol. The molecule has 48 heavy (non-hydrogen) atoms. The first-order valence-electron chi connectivity index (χ1n) is 15.1. The minimum Gasteiger partial charge on any atom is -0.504 e. The van der Waals surface area contributed by atoms with Gasteiger partial charge >= 0.3 is 0 Å². The molecule has 1 aliphatic rings. The third kappa shape index (κ3) is 7.21. The second-order valence-electron chi connectivity index (χ2n) is 11.1. The number of aromatic nitrogens is 1. The van der Waals surface area contributed by atoms with Gasteiger partial charge in [0.15, 0.2) is 11.5 Å². The van der Waals surface area contributed by atoms with E-state index in [4.69, 9.17) is 19.7 Å². The molecule has 1 aliphatic heterocycles. The summed E-state index contributed by atoms with van der Waals surface area (Å²) in [5.41, 5.74) is 5.31. The molecule has 0 aliphatic carbocycles. The van der Waals surface area contributed by atoms with Crippen molar-refractivity contribution >= 4 is 17.8 Å². The molecule has 1 amide bonds. The van der Waals surface area contributed by atoms with E-state index in [0.29, 0.717) is 59.0 Å². The van der Waals surface area contributed by atoms with Crippen LogP contribution in [-0.4, -0.2) is 54.6 Å². The zero-order chi connectivity index (χ0) is 34.2. The minimum atomic E-state index is -0.703. The summed E-state index contributed by atoms with van der Waals surface area (Å²) in [6.07, 6.45) is 5.93. The molecular weight excluding hydrogens is 615 g/mol. The summed E-state index contributed by atoms with van der Waals surface area (Å²) in [5.74, 6) is -0.0933. The number of ether oxygens (including phenoxy) is 2. The molecule has 11 nitrogen and oxygen atoms in total. The number of carbonyl (C=O) groups is 1. The third-order valence-electron chi connectivity index (χ3n) is 8.25. The number of halogens is 1. The number of nitriles is 2. The minimum absolute atomic E-state index is 0.0950. The fraction of sp³-hybridized carbons (Fsp3) is 0.222. The van der Waals surface area contributed by atoms with Gasteiger partial charge in [-0.15, -0.1) is 0 Å². The molecule has 0 spiro atoms. The Labute approximate surface area is 277 Å². The van der Waals surface area contributed by atoms with Crippen molar-refractivity contribution < 1.29 is 29.0 Å². The zero-order valence-corrected chi connectivity index (χ0v) is 26.3. The molecule has 0 radical (unpaired) electrons. The van der Waals surface area contributed by atoms with Gasteiger partial charge in [-0.25, -0.2) is 14.9 Å². The average Bonchev–Trinajstić information content (AvgIpc) is 3.12. The largest absolute Gasteiger partial charge is 0.504 e. The molecule has 0 atom stereocenters. The van der Waals surface area contributed by atoms with Crippen molar-refractivity contribution in [1.29, 1.82) is 10.5 Å². The van der Waals surface area contributed by atoms with Crippen LogP contribution in [0.1, 0.15) is 35.1 Å². The molecule has 5 rings (SSSR count). The maximum atomic E-state index is 14.9. The summed E-state index contributed by atoms with van der Waals surface area (Å²) in [4.78, 5) is 18.1. The highest BCUT2D eigenvalue weighted by atomic mass is 19.1. The molecule has 244 valence electrons. The Hall–Kier alpha value is -5.95. The number of hydrogen-bond acceptors (Lipinski definition) is 10. The fourth-order valence-corrected chi connectivity index (χ4v) is 5.75. The molecule has 12 heteroatoms. The quantitative estimate of drug-likeness (QED) is 0.101. The number of pyridine rings is 1. The fourth-order valence-electron chi connectivity index (χ4n) is 5.75. The lowest BCUT2D eigenvalue weighted by molar-refractivity contribution is -0.124. The Morgan fingerprint density at radius 1 is 1.04 bits per heavy atom. The van der Waals surface area contributed by atoms with Crippen LogP contribution in [0.25, 0.3) is 28.3 Å². The van der Waals surface area contributed by atoms with Gasteiger partial charge in [-0.05, 0) is 65.9 Å². The smallest absolute Gasteiger partial charge is 0.267 e. The van der Waals surface area contributed by atoms with Crippen molar-refractivity contribution in [3.8, 4) is 51.6 Å².